The van der Waals surface area contributed by atoms with E-state index in [1.54, 1.807) is 42.1 Å². The molecular weight excluding hydrogens is 350 g/mol. The van der Waals surface area contributed by atoms with E-state index < -0.39 is 10.0 Å². The van der Waals surface area contributed by atoms with E-state index in [0.29, 0.717) is 5.69 Å². The van der Waals surface area contributed by atoms with Crippen LogP contribution in [0.15, 0.2) is 82.6 Å². The lowest BCUT2D eigenvalue weighted by Crippen LogP contribution is -2.12. The number of hydrogen-bond acceptors (Lipinski definition) is 3. The first-order valence-electron chi connectivity index (χ1n) is 7.82. The minimum absolute atomic E-state index is 0.257. The predicted molar refractivity (Wildman–Crippen MR) is 106 cm³/mol. The normalized spacial score (nSPS) is 11.3. The molecule has 128 valence electrons. The van der Waals surface area contributed by atoms with Gasteiger partial charge in [0.2, 0.25) is 0 Å². The van der Waals surface area contributed by atoms with Crippen molar-refractivity contribution >= 4 is 27.5 Å². The molecule has 0 amide bonds. The van der Waals surface area contributed by atoms with Crippen LogP contribution in [-0.2, 0) is 10.0 Å². The molecule has 3 rings (SSSR count). The van der Waals surface area contributed by atoms with Crippen LogP contribution in [0, 0.1) is 6.92 Å². The molecule has 0 atom stereocenters. The summed E-state index contributed by atoms with van der Waals surface area (Å²) in [5, 5.41) is 0. The van der Waals surface area contributed by atoms with Crippen molar-refractivity contribution in [1.82, 2.24) is 0 Å². The highest BCUT2D eigenvalue weighted by atomic mass is 32.2. The van der Waals surface area contributed by atoms with Crippen LogP contribution < -0.4 is 4.72 Å². The molecule has 1 N–H and O–H groups in total. The molecule has 0 aliphatic carbocycles. The number of hydrogen-bond donors (Lipinski definition) is 1. The van der Waals surface area contributed by atoms with Crippen molar-refractivity contribution in [1.29, 1.82) is 0 Å². The zero-order chi connectivity index (χ0) is 17.9. The third-order valence-corrected chi connectivity index (χ3v) is 6.01. The quantitative estimate of drug-likeness (QED) is 0.630. The number of aryl methyl sites for hydroxylation is 1. The van der Waals surface area contributed by atoms with Crippen molar-refractivity contribution in [3.05, 3.63) is 78.4 Å². The summed E-state index contributed by atoms with van der Waals surface area (Å²) in [7, 11) is -3.59. The summed E-state index contributed by atoms with van der Waals surface area (Å²) < 4.78 is 27.7. The zero-order valence-electron chi connectivity index (χ0n) is 14.1. The Kier molecular flexibility index (Phi) is 5.16. The van der Waals surface area contributed by atoms with E-state index in [2.05, 4.69) is 16.9 Å². The number of nitrogens with one attached hydrogen (secondary N) is 1. The summed E-state index contributed by atoms with van der Waals surface area (Å²) in [6, 6.07) is 22.4. The maximum Gasteiger partial charge on any atom is 0.261 e. The molecule has 3 aromatic carbocycles. The fourth-order valence-corrected chi connectivity index (χ4v) is 3.93. The van der Waals surface area contributed by atoms with Gasteiger partial charge in [-0.05, 0) is 60.7 Å². The third-order valence-electron chi connectivity index (χ3n) is 3.87. The summed E-state index contributed by atoms with van der Waals surface area (Å²) in [5.74, 6) is 0. The molecule has 25 heavy (non-hydrogen) atoms. The highest BCUT2D eigenvalue weighted by Crippen LogP contribution is 2.26. The van der Waals surface area contributed by atoms with Gasteiger partial charge in [-0.3, -0.25) is 4.72 Å². The van der Waals surface area contributed by atoms with E-state index in [1.807, 2.05) is 43.5 Å². The lowest BCUT2D eigenvalue weighted by Gasteiger charge is -2.10. The number of anilines is 1. The van der Waals surface area contributed by atoms with E-state index in [-0.39, 0.29) is 4.90 Å². The second kappa shape index (κ2) is 7.33. The first-order chi connectivity index (χ1) is 12.0. The molecule has 0 radical (unpaired) electrons. The van der Waals surface area contributed by atoms with Gasteiger partial charge in [0, 0.05) is 10.6 Å². The standard InChI is InChI=1S/C20H19NO2S2/c1-15-6-12-20(13-7-15)25(22,23)21-18-5-3-4-17(14-18)16-8-10-19(24-2)11-9-16/h3-14,21H,1-2H3. The van der Waals surface area contributed by atoms with Crippen molar-refractivity contribution in [2.24, 2.45) is 0 Å². The average Bonchev–Trinajstić information content (AvgIpc) is 2.62. The Bertz CT molecular complexity index is 963. The van der Waals surface area contributed by atoms with Gasteiger partial charge in [0.1, 0.15) is 0 Å². The summed E-state index contributed by atoms with van der Waals surface area (Å²) in [4.78, 5) is 1.45. The van der Waals surface area contributed by atoms with Gasteiger partial charge in [0.25, 0.3) is 10.0 Å². The maximum atomic E-state index is 12.5. The van der Waals surface area contributed by atoms with Crippen LogP contribution in [0.4, 0.5) is 5.69 Å². The van der Waals surface area contributed by atoms with Crippen molar-refractivity contribution < 1.29 is 8.42 Å². The van der Waals surface area contributed by atoms with Crippen LogP contribution >= 0.6 is 11.8 Å². The number of sulfonamides is 1. The second-order valence-electron chi connectivity index (χ2n) is 5.73. The van der Waals surface area contributed by atoms with Gasteiger partial charge in [-0.15, -0.1) is 11.8 Å². The smallest absolute Gasteiger partial charge is 0.261 e. The van der Waals surface area contributed by atoms with E-state index in [0.717, 1.165) is 16.7 Å². The van der Waals surface area contributed by atoms with Gasteiger partial charge in [-0.2, -0.15) is 0 Å². The van der Waals surface area contributed by atoms with Gasteiger partial charge >= 0.3 is 0 Å². The van der Waals surface area contributed by atoms with Crippen LogP contribution in [0.3, 0.4) is 0 Å². The monoisotopic (exact) mass is 369 g/mol. The molecule has 0 saturated heterocycles. The maximum absolute atomic E-state index is 12.5. The molecular formula is C20H19NO2S2. The molecule has 0 aromatic heterocycles. The van der Waals surface area contributed by atoms with Crippen LogP contribution in [0.1, 0.15) is 5.56 Å². The van der Waals surface area contributed by atoms with Gasteiger partial charge < -0.3 is 0 Å². The largest absolute Gasteiger partial charge is 0.280 e. The van der Waals surface area contributed by atoms with Crippen molar-refractivity contribution in [3.8, 4) is 11.1 Å². The van der Waals surface area contributed by atoms with Crippen LogP contribution in [0.5, 0.6) is 0 Å². The highest BCUT2D eigenvalue weighted by molar-refractivity contribution is 7.98. The predicted octanol–water partition coefficient (Wildman–Crippen LogP) is 5.18. The Labute approximate surface area is 153 Å². The molecule has 0 aliphatic heterocycles. The lowest BCUT2D eigenvalue weighted by molar-refractivity contribution is 0.601. The van der Waals surface area contributed by atoms with Crippen molar-refractivity contribution in [2.45, 2.75) is 16.7 Å². The summed E-state index contributed by atoms with van der Waals surface area (Å²) in [5.41, 5.74) is 3.59. The van der Waals surface area contributed by atoms with Crippen molar-refractivity contribution in [3.63, 3.8) is 0 Å². The van der Waals surface area contributed by atoms with E-state index >= 15 is 0 Å². The van der Waals surface area contributed by atoms with Crippen LogP contribution in [-0.4, -0.2) is 14.7 Å². The first-order valence-corrected chi connectivity index (χ1v) is 10.5. The van der Waals surface area contributed by atoms with Gasteiger partial charge in [0.15, 0.2) is 0 Å². The minimum Gasteiger partial charge on any atom is -0.280 e. The third kappa shape index (κ3) is 4.24. The molecule has 0 fully saturated rings. The Balaban J connectivity index is 1.87. The molecule has 0 unspecified atom stereocenters. The summed E-state index contributed by atoms with van der Waals surface area (Å²) in [6.07, 6.45) is 2.04. The van der Waals surface area contributed by atoms with Gasteiger partial charge in [-0.25, -0.2) is 8.42 Å². The lowest BCUT2D eigenvalue weighted by atomic mass is 10.1. The van der Waals surface area contributed by atoms with Crippen LogP contribution in [0.2, 0.25) is 0 Å². The molecule has 0 heterocycles. The Morgan fingerprint density at radius 2 is 1.52 bits per heavy atom. The van der Waals surface area contributed by atoms with E-state index in [1.165, 1.54) is 4.90 Å². The molecule has 3 nitrogen and oxygen atoms in total. The molecule has 0 saturated carbocycles. The highest BCUT2D eigenvalue weighted by Gasteiger charge is 2.14. The first kappa shape index (κ1) is 17.6. The molecule has 5 heteroatoms. The molecule has 0 bridgehead atoms. The Morgan fingerprint density at radius 1 is 0.840 bits per heavy atom. The van der Waals surface area contributed by atoms with Gasteiger partial charge in [0.05, 0.1) is 4.90 Å². The molecule has 0 aliphatic rings. The summed E-state index contributed by atoms with van der Waals surface area (Å²) >= 11 is 1.69. The topological polar surface area (TPSA) is 46.2 Å². The Morgan fingerprint density at radius 3 is 2.16 bits per heavy atom. The van der Waals surface area contributed by atoms with E-state index in [9.17, 15) is 8.42 Å². The SMILES string of the molecule is CSc1ccc(-c2cccc(NS(=O)(=O)c3ccc(C)cc3)c2)cc1. The zero-order valence-corrected chi connectivity index (χ0v) is 15.7. The van der Waals surface area contributed by atoms with Crippen LogP contribution in [0.25, 0.3) is 11.1 Å². The average molecular weight is 370 g/mol. The van der Waals surface area contributed by atoms with E-state index in [4.69, 9.17) is 0 Å². The minimum atomic E-state index is -3.59. The molecule has 3 aromatic rings. The number of benzene rings is 3. The number of thioether (sulfide) groups is 1. The number of rotatable bonds is 5. The molecule has 0 spiro atoms. The Hall–Kier alpha value is -2.24. The fraction of sp³-hybridized carbons (Fsp3) is 0.100. The van der Waals surface area contributed by atoms with Gasteiger partial charge in [-0.1, -0.05) is 42.0 Å². The fourth-order valence-electron chi connectivity index (χ4n) is 2.48. The summed E-state index contributed by atoms with van der Waals surface area (Å²) in [6.45, 7) is 1.93. The van der Waals surface area contributed by atoms with Crippen molar-refractivity contribution in [2.75, 3.05) is 11.0 Å². The second-order valence-corrected chi connectivity index (χ2v) is 8.29.